The smallest absolute Gasteiger partial charge is 0.150 e. The highest BCUT2D eigenvalue weighted by molar-refractivity contribution is 7.79. The van der Waals surface area contributed by atoms with Crippen molar-refractivity contribution in [3.05, 3.63) is 12.5 Å². The van der Waals surface area contributed by atoms with Gasteiger partial charge in [0.1, 0.15) is 12.0 Å². The van der Waals surface area contributed by atoms with Crippen molar-refractivity contribution in [1.29, 1.82) is 0 Å². The molecule has 1 aromatic rings. The van der Waals surface area contributed by atoms with Crippen LogP contribution in [0.4, 0.5) is 11.5 Å². The largest absolute Gasteiger partial charge is 0.382 e. The lowest BCUT2D eigenvalue weighted by Gasteiger charge is -1.99. The van der Waals surface area contributed by atoms with Crippen molar-refractivity contribution < 1.29 is 0 Å². The van der Waals surface area contributed by atoms with Crippen LogP contribution in [0.1, 0.15) is 0 Å². The van der Waals surface area contributed by atoms with Crippen molar-refractivity contribution in [2.75, 3.05) is 11.1 Å². The van der Waals surface area contributed by atoms with Crippen LogP contribution in [0.25, 0.3) is 0 Å². The van der Waals surface area contributed by atoms with Crippen LogP contribution in [0.15, 0.2) is 12.5 Å². The fourth-order valence-corrected chi connectivity index (χ4v) is 0.641. The molecule has 0 atom stereocenters. The number of aromatic nitrogens is 2. The van der Waals surface area contributed by atoms with Gasteiger partial charge in [0.15, 0.2) is 5.82 Å². The normalized spacial score (nSPS) is 8.80. The summed E-state index contributed by atoms with van der Waals surface area (Å²) in [5.74, 6) is 0.399. The molecule has 0 aliphatic heterocycles. The maximum Gasteiger partial charge on any atom is 0.150 e. The van der Waals surface area contributed by atoms with Crippen molar-refractivity contribution in [2.24, 2.45) is 0 Å². The molecule has 10 heavy (non-hydrogen) atoms. The van der Waals surface area contributed by atoms with E-state index in [2.05, 4.69) is 27.5 Å². The lowest BCUT2D eigenvalue weighted by Crippen LogP contribution is -2.00. The molecule has 3 N–H and O–H groups in total. The minimum Gasteiger partial charge on any atom is -0.382 e. The van der Waals surface area contributed by atoms with E-state index in [9.17, 15) is 0 Å². The fraction of sp³-hybridized carbons (Fsp3) is 0. The lowest BCUT2D eigenvalue weighted by atomic mass is 10.5. The number of nitrogens with zero attached hydrogens (tertiary/aromatic N) is 2. The Kier molecular flexibility index (Phi) is 2.11. The maximum atomic E-state index is 5.43. The van der Waals surface area contributed by atoms with Crippen molar-refractivity contribution in [3.63, 3.8) is 0 Å². The number of hydrogen-bond donors (Lipinski definition) is 2. The highest BCUT2D eigenvalue weighted by Gasteiger charge is 1.93. The standard InChI is InChI=1S/C5H6N4S/c6-5-4(9-3-10)1-7-2-8-5/h1-3H,(H,9,10)(H2,6,7,8). The highest BCUT2D eigenvalue weighted by Crippen LogP contribution is 2.09. The van der Waals surface area contributed by atoms with Gasteiger partial charge in [0.25, 0.3) is 0 Å². The summed E-state index contributed by atoms with van der Waals surface area (Å²) >= 11 is 4.55. The number of thiocarbonyl (C=S) groups is 1. The Balaban J connectivity index is 2.91. The van der Waals surface area contributed by atoms with Gasteiger partial charge in [-0.15, -0.1) is 0 Å². The third-order valence-electron chi connectivity index (χ3n) is 0.958. The quantitative estimate of drug-likeness (QED) is 0.605. The van der Waals surface area contributed by atoms with Crippen molar-refractivity contribution in [3.8, 4) is 0 Å². The second kappa shape index (κ2) is 3.07. The topological polar surface area (TPSA) is 63.8 Å². The Hall–Kier alpha value is -1.23. The average Bonchev–Trinajstić information content (AvgIpc) is 1.94. The minimum atomic E-state index is 0.399. The predicted molar refractivity (Wildman–Crippen MR) is 43.7 cm³/mol. The zero-order chi connectivity index (χ0) is 7.40. The molecule has 1 heterocycles. The van der Waals surface area contributed by atoms with E-state index in [0.29, 0.717) is 11.5 Å². The lowest BCUT2D eigenvalue weighted by molar-refractivity contribution is 1.18. The first-order chi connectivity index (χ1) is 4.84. The van der Waals surface area contributed by atoms with Gasteiger partial charge in [-0.2, -0.15) is 0 Å². The summed E-state index contributed by atoms with van der Waals surface area (Å²) in [5.41, 5.74) is 7.42. The number of nitrogens with one attached hydrogen (secondary N) is 1. The van der Waals surface area contributed by atoms with E-state index in [0.717, 1.165) is 0 Å². The van der Waals surface area contributed by atoms with Crippen LogP contribution in [0, 0.1) is 0 Å². The first-order valence-corrected chi connectivity index (χ1v) is 3.07. The summed E-state index contributed by atoms with van der Waals surface area (Å²) in [6.45, 7) is 0. The van der Waals surface area contributed by atoms with E-state index in [-0.39, 0.29) is 0 Å². The molecule has 0 aliphatic rings. The molecule has 0 unspecified atom stereocenters. The molecule has 0 bridgehead atoms. The second-order valence-corrected chi connectivity index (χ2v) is 1.82. The summed E-state index contributed by atoms with van der Waals surface area (Å²) in [6.07, 6.45) is 2.94. The third-order valence-corrected chi connectivity index (χ3v) is 1.08. The molecular weight excluding hydrogens is 148 g/mol. The molecule has 0 saturated carbocycles. The van der Waals surface area contributed by atoms with E-state index < -0.39 is 0 Å². The second-order valence-electron chi connectivity index (χ2n) is 1.58. The van der Waals surface area contributed by atoms with Gasteiger partial charge in [-0.25, -0.2) is 9.97 Å². The zero-order valence-electron chi connectivity index (χ0n) is 5.11. The van der Waals surface area contributed by atoms with Crippen molar-refractivity contribution in [2.45, 2.75) is 0 Å². The fourth-order valence-electron chi connectivity index (χ4n) is 0.514. The average molecular weight is 154 g/mol. The molecule has 0 saturated heterocycles. The van der Waals surface area contributed by atoms with Crippen LogP contribution in [0.2, 0.25) is 0 Å². The Morgan fingerprint density at radius 2 is 2.50 bits per heavy atom. The number of nitrogen functional groups attached to an aromatic ring is 1. The Labute approximate surface area is 63.5 Å². The van der Waals surface area contributed by atoms with Crippen LogP contribution in [-0.4, -0.2) is 15.5 Å². The van der Waals surface area contributed by atoms with Crippen LogP contribution >= 0.6 is 12.2 Å². The third kappa shape index (κ3) is 1.38. The van der Waals surface area contributed by atoms with Gasteiger partial charge < -0.3 is 11.1 Å². The van der Waals surface area contributed by atoms with E-state index in [4.69, 9.17) is 5.73 Å². The molecule has 5 heteroatoms. The van der Waals surface area contributed by atoms with Gasteiger partial charge in [0.05, 0.1) is 11.7 Å². The van der Waals surface area contributed by atoms with Gasteiger partial charge in [0.2, 0.25) is 0 Å². The summed E-state index contributed by atoms with van der Waals surface area (Å²) in [6, 6.07) is 0. The first kappa shape index (κ1) is 6.88. The van der Waals surface area contributed by atoms with Crippen LogP contribution in [0.3, 0.4) is 0 Å². The molecule has 0 amide bonds. The molecule has 4 nitrogen and oxygen atoms in total. The molecule has 1 aromatic heterocycles. The Morgan fingerprint density at radius 1 is 1.70 bits per heavy atom. The van der Waals surface area contributed by atoms with E-state index >= 15 is 0 Å². The van der Waals surface area contributed by atoms with Gasteiger partial charge in [-0.1, -0.05) is 12.2 Å². The van der Waals surface area contributed by atoms with Crippen LogP contribution < -0.4 is 11.1 Å². The maximum absolute atomic E-state index is 5.43. The predicted octanol–water partition coefficient (Wildman–Crippen LogP) is 0.428. The van der Waals surface area contributed by atoms with Crippen LogP contribution in [-0.2, 0) is 0 Å². The number of hydrogen-bond acceptors (Lipinski definition) is 4. The molecule has 0 aliphatic carbocycles. The van der Waals surface area contributed by atoms with Gasteiger partial charge in [-0.05, 0) is 0 Å². The van der Waals surface area contributed by atoms with E-state index in [1.54, 1.807) is 6.20 Å². The monoisotopic (exact) mass is 154 g/mol. The summed E-state index contributed by atoms with van der Waals surface area (Å²) < 4.78 is 0. The zero-order valence-corrected chi connectivity index (χ0v) is 5.93. The van der Waals surface area contributed by atoms with Crippen molar-refractivity contribution >= 4 is 29.2 Å². The van der Waals surface area contributed by atoms with Gasteiger partial charge in [-0.3, -0.25) is 0 Å². The molecule has 0 spiro atoms. The summed E-state index contributed by atoms with van der Waals surface area (Å²) in [7, 11) is 0. The molecular formula is C5H6N4S. The Bertz CT molecular complexity index is 237. The number of nitrogens with two attached hydrogens (primary N) is 1. The van der Waals surface area contributed by atoms with Crippen molar-refractivity contribution in [1.82, 2.24) is 9.97 Å². The molecule has 0 radical (unpaired) electrons. The van der Waals surface area contributed by atoms with Gasteiger partial charge in [0, 0.05) is 0 Å². The van der Waals surface area contributed by atoms with E-state index in [1.165, 1.54) is 11.8 Å². The molecule has 0 aromatic carbocycles. The van der Waals surface area contributed by atoms with Crippen LogP contribution in [0.5, 0.6) is 0 Å². The molecule has 0 fully saturated rings. The SMILES string of the molecule is Nc1ncncc1NC=S. The highest BCUT2D eigenvalue weighted by atomic mass is 32.1. The molecule has 1 rings (SSSR count). The molecule has 52 valence electrons. The number of anilines is 2. The van der Waals surface area contributed by atoms with Gasteiger partial charge >= 0.3 is 0 Å². The number of rotatable bonds is 2. The summed E-state index contributed by atoms with van der Waals surface area (Å²) in [5, 5.41) is 2.72. The van der Waals surface area contributed by atoms with E-state index in [1.807, 2.05) is 0 Å². The Morgan fingerprint density at radius 3 is 3.10 bits per heavy atom. The summed E-state index contributed by atoms with van der Waals surface area (Å²) in [4.78, 5) is 7.48. The minimum absolute atomic E-state index is 0.399. The first-order valence-electron chi connectivity index (χ1n) is 2.60.